The summed E-state index contributed by atoms with van der Waals surface area (Å²) in [4.78, 5) is 17.4. The van der Waals surface area contributed by atoms with E-state index in [1.165, 1.54) is 0 Å². The van der Waals surface area contributed by atoms with Crippen LogP contribution >= 0.6 is 0 Å². The quantitative estimate of drug-likeness (QED) is 0.460. The van der Waals surface area contributed by atoms with Gasteiger partial charge in [0.1, 0.15) is 25.4 Å². The molecule has 3 aromatic rings. The summed E-state index contributed by atoms with van der Waals surface area (Å²) in [6, 6.07) is 11.1. The van der Waals surface area contributed by atoms with Crippen LogP contribution in [0.1, 0.15) is 21.5 Å². The van der Waals surface area contributed by atoms with Crippen molar-refractivity contribution in [2.24, 2.45) is 0 Å². The number of aromatic nitrogens is 1. The van der Waals surface area contributed by atoms with Crippen molar-refractivity contribution in [1.82, 2.24) is 4.98 Å². The molecule has 0 radical (unpaired) electrons. The van der Waals surface area contributed by atoms with E-state index in [2.05, 4.69) is 4.98 Å². The third-order valence-electron chi connectivity index (χ3n) is 5.57. The Hall–Kier alpha value is -3.13. The van der Waals surface area contributed by atoms with Crippen molar-refractivity contribution in [3.05, 3.63) is 65.0 Å². The number of ketones is 1. The molecule has 2 heterocycles. The number of phenolic OH excluding ortho intramolecular Hbond substituents is 1. The maximum absolute atomic E-state index is 13.0. The van der Waals surface area contributed by atoms with Crippen LogP contribution in [0.4, 0.5) is 0 Å². The molecule has 7 nitrogen and oxygen atoms in total. The number of quaternary nitrogens is 1. The molecule has 4 rings (SSSR count). The number of carbonyl (C=O) groups is 1. The average Bonchev–Trinajstić information content (AvgIpc) is 3.33. The molecule has 0 unspecified atom stereocenters. The predicted molar refractivity (Wildman–Crippen MR) is 117 cm³/mol. The smallest absolute Gasteiger partial charge is 0.231 e. The number of fused-ring (bicyclic) bond motifs is 2. The van der Waals surface area contributed by atoms with Gasteiger partial charge in [-0.1, -0.05) is 18.2 Å². The fraction of sp³-hybridized carbons (Fsp3) is 0.292. The minimum atomic E-state index is -0.183. The van der Waals surface area contributed by atoms with E-state index >= 15 is 0 Å². The van der Waals surface area contributed by atoms with Gasteiger partial charge in [0.05, 0.1) is 24.3 Å². The molecule has 0 spiro atoms. The summed E-state index contributed by atoms with van der Waals surface area (Å²) in [7, 11) is 3.32. The van der Waals surface area contributed by atoms with Gasteiger partial charge in [-0.05, 0) is 24.3 Å². The first-order valence-electron chi connectivity index (χ1n) is 10.3. The van der Waals surface area contributed by atoms with Crippen molar-refractivity contribution in [2.75, 3.05) is 40.5 Å². The van der Waals surface area contributed by atoms with Crippen molar-refractivity contribution in [1.29, 1.82) is 0 Å². The van der Waals surface area contributed by atoms with Gasteiger partial charge in [-0.3, -0.25) is 4.79 Å². The monoisotopic (exact) mass is 423 g/mol. The topological polar surface area (TPSA) is 85.2 Å². The highest BCUT2D eigenvalue weighted by Gasteiger charge is 2.32. The second-order valence-electron chi connectivity index (χ2n) is 7.58. The van der Waals surface area contributed by atoms with Crippen LogP contribution in [0.25, 0.3) is 17.0 Å². The molecule has 7 heteroatoms. The molecule has 0 aliphatic carbocycles. The molecule has 0 saturated heterocycles. The van der Waals surface area contributed by atoms with Crippen LogP contribution in [0.5, 0.6) is 11.5 Å². The number of aromatic hydroxyl groups is 1. The number of phenols is 1. The van der Waals surface area contributed by atoms with E-state index in [4.69, 9.17) is 14.2 Å². The summed E-state index contributed by atoms with van der Waals surface area (Å²) in [5.41, 5.74) is 2.96. The molecule has 0 fully saturated rings. The first kappa shape index (κ1) is 21.1. The Morgan fingerprint density at radius 3 is 2.58 bits per heavy atom. The first-order valence-corrected chi connectivity index (χ1v) is 10.3. The Bertz CT molecular complexity index is 1110. The molecule has 0 saturated carbocycles. The third kappa shape index (κ3) is 4.34. The van der Waals surface area contributed by atoms with E-state index in [-0.39, 0.29) is 17.3 Å². The van der Waals surface area contributed by atoms with Crippen LogP contribution in [0.15, 0.2) is 48.4 Å². The van der Waals surface area contributed by atoms with E-state index in [0.29, 0.717) is 36.6 Å². The zero-order chi connectivity index (χ0) is 21.8. The highest BCUT2D eigenvalue weighted by Crippen LogP contribution is 2.39. The number of nitrogens with one attached hydrogen (secondary N) is 2. The summed E-state index contributed by atoms with van der Waals surface area (Å²) in [6.45, 7) is 3.15. The fourth-order valence-electron chi connectivity index (χ4n) is 3.87. The number of allylic oxidation sites excluding steroid dienone is 1. The van der Waals surface area contributed by atoms with Crippen molar-refractivity contribution < 1.29 is 29.0 Å². The Morgan fingerprint density at radius 1 is 1.10 bits per heavy atom. The lowest BCUT2D eigenvalue weighted by Crippen LogP contribution is -3.11. The van der Waals surface area contributed by atoms with E-state index in [0.717, 1.165) is 34.5 Å². The minimum absolute atomic E-state index is 0.118. The van der Waals surface area contributed by atoms with E-state index in [9.17, 15) is 9.90 Å². The maximum atomic E-state index is 13.0. The van der Waals surface area contributed by atoms with Gasteiger partial charge in [-0.2, -0.15) is 0 Å². The van der Waals surface area contributed by atoms with Gasteiger partial charge < -0.3 is 29.2 Å². The zero-order valence-electron chi connectivity index (χ0n) is 17.7. The van der Waals surface area contributed by atoms with Gasteiger partial charge in [0.2, 0.25) is 5.78 Å². The average molecular weight is 423 g/mol. The lowest BCUT2D eigenvalue weighted by atomic mass is 10.0. The van der Waals surface area contributed by atoms with E-state index < -0.39 is 0 Å². The highest BCUT2D eigenvalue weighted by atomic mass is 16.5. The van der Waals surface area contributed by atoms with Crippen molar-refractivity contribution in [3.8, 4) is 11.5 Å². The fourth-order valence-corrected chi connectivity index (χ4v) is 3.87. The number of Topliss-reactive ketones (excluding diaryl/α,β-unsaturated/α-hetero) is 1. The molecule has 162 valence electrons. The van der Waals surface area contributed by atoms with Gasteiger partial charge in [-0.15, -0.1) is 0 Å². The number of methoxy groups -OCH3 is 2. The molecular weight excluding hydrogens is 396 g/mol. The van der Waals surface area contributed by atoms with E-state index in [1.807, 2.05) is 30.5 Å². The van der Waals surface area contributed by atoms with Crippen LogP contribution in [-0.2, 0) is 16.0 Å². The normalized spacial score (nSPS) is 14.5. The summed E-state index contributed by atoms with van der Waals surface area (Å²) in [6.07, 6.45) is 3.61. The second kappa shape index (κ2) is 9.34. The van der Waals surface area contributed by atoms with Crippen LogP contribution in [0.2, 0.25) is 0 Å². The van der Waals surface area contributed by atoms with Crippen molar-refractivity contribution >= 4 is 22.8 Å². The van der Waals surface area contributed by atoms with Crippen LogP contribution in [-0.4, -0.2) is 56.4 Å². The zero-order valence-corrected chi connectivity index (χ0v) is 17.7. The van der Waals surface area contributed by atoms with Crippen LogP contribution < -0.4 is 9.64 Å². The summed E-state index contributed by atoms with van der Waals surface area (Å²) in [5, 5.41) is 11.6. The summed E-state index contributed by atoms with van der Waals surface area (Å²) in [5.74, 6) is 0.620. The lowest BCUT2D eigenvalue weighted by Gasteiger charge is -2.20. The SMILES string of the molecule is COCC[NH+](CCOC)Cc1c(O)ccc2c1O/C(=C\c1c[nH]c3ccccc13)C2=O. The van der Waals surface area contributed by atoms with Gasteiger partial charge >= 0.3 is 0 Å². The molecule has 0 atom stereocenters. The molecule has 3 N–H and O–H groups in total. The number of ether oxygens (including phenoxy) is 3. The Balaban J connectivity index is 1.64. The van der Waals surface area contributed by atoms with Gasteiger partial charge in [0.25, 0.3) is 0 Å². The highest BCUT2D eigenvalue weighted by molar-refractivity contribution is 6.15. The minimum Gasteiger partial charge on any atom is -0.507 e. The molecule has 31 heavy (non-hydrogen) atoms. The lowest BCUT2D eigenvalue weighted by molar-refractivity contribution is -0.914. The predicted octanol–water partition coefficient (Wildman–Crippen LogP) is 2.17. The van der Waals surface area contributed by atoms with Crippen LogP contribution in [0, 0.1) is 0 Å². The third-order valence-corrected chi connectivity index (χ3v) is 5.57. The number of para-hydroxylation sites is 1. The number of hydrogen-bond donors (Lipinski definition) is 3. The summed E-state index contributed by atoms with van der Waals surface area (Å²) < 4.78 is 16.5. The molecule has 0 amide bonds. The van der Waals surface area contributed by atoms with Crippen LogP contribution in [0.3, 0.4) is 0 Å². The van der Waals surface area contributed by atoms with Gasteiger partial charge in [-0.25, -0.2) is 0 Å². The molecule has 1 aliphatic rings. The van der Waals surface area contributed by atoms with E-state index in [1.54, 1.807) is 32.4 Å². The molecule has 0 bridgehead atoms. The Morgan fingerprint density at radius 2 is 1.84 bits per heavy atom. The number of carbonyl (C=O) groups excluding carboxylic acids is 1. The van der Waals surface area contributed by atoms with Crippen molar-refractivity contribution in [2.45, 2.75) is 6.54 Å². The molecular formula is C24H27N2O5+. The second-order valence-corrected chi connectivity index (χ2v) is 7.58. The molecule has 1 aliphatic heterocycles. The number of H-pyrrole nitrogens is 1. The molecule has 2 aromatic carbocycles. The number of aromatic amines is 1. The standard InChI is InChI=1S/C24H26N2O5/c1-29-11-9-26(10-12-30-2)15-19-21(27)8-7-18-23(28)22(31-24(18)19)13-16-14-25-20-6-4-3-5-17(16)20/h3-8,13-14,25,27H,9-12,15H2,1-2H3/p+1/b22-13-. The summed E-state index contributed by atoms with van der Waals surface area (Å²) >= 11 is 0. The number of hydrogen-bond acceptors (Lipinski definition) is 5. The maximum Gasteiger partial charge on any atom is 0.231 e. The van der Waals surface area contributed by atoms with Gasteiger partial charge in [0, 0.05) is 36.9 Å². The Labute approximate surface area is 180 Å². The first-order chi connectivity index (χ1) is 15.1. The number of rotatable bonds is 9. The molecule has 1 aromatic heterocycles. The Kier molecular flexibility index (Phi) is 6.36. The van der Waals surface area contributed by atoms with Crippen molar-refractivity contribution in [3.63, 3.8) is 0 Å². The number of benzene rings is 2. The largest absolute Gasteiger partial charge is 0.507 e. The van der Waals surface area contributed by atoms with Gasteiger partial charge in [0.15, 0.2) is 11.5 Å².